The van der Waals surface area contributed by atoms with Crippen molar-refractivity contribution in [2.75, 3.05) is 33.9 Å². The molecule has 0 spiro atoms. The average Bonchev–Trinajstić information content (AvgIpc) is 3.01. The lowest BCUT2D eigenvalue weighted by Crippen LogP contribution is -2.38. The van der Waals surface area contributed by atoms with Gasteiger partial charge in [0.1, 0.15) is 24.2 Å². The molecular weight excluding hydrogens is 258 g/mol. The van der Waals surface area contributed by atoms with Crippen molar-refractivity contribution in [2.45, 2.75) is 18.9 Å². The molecule has 1 atom stereocenters. The number of ether oxygens (including phenoxy) is 3. The maximum Gasteiger partial charge on any atom is 0.251 e. The Morgan fingerprint density at radius 3 is 2.65 bits per heavy atom. The minimum atomic E-state index is -0.263. The van der Waals surface area contributed by atoms with Crippen LogP contribution in [-0.2, 0) is 9.53 Å². The van der Waals surface area contributed by atoms with E-state index >= 15 is 0 Å². The third-order valence-corrected chi connectivity index (χ3v) is 3.34. The van der Waals surface area contributed by atoms with Gasteiger partial charge in [0.05, 0.1) is 13.7 Å². The molecule has 1 aliphatic rings. The number of carbonyl (C=O) groups is 1. The van der Waals surface area contributed by atoms with Gasteiger partial charge in [-0.15, -0.1) is 0 Å². The van der Waals surface area contributed by atoms with Gasteiger partial charge >= 0.3 is 0 Å². The fourth-order valence-corrected chi connectivity index (χ4v) is 2.10. The van der Waals surface area contributed by atoms with Crippen LogP contribution < -0.4 is 9.47 Å². The molecular formula is C15H21NO4. The summed E-state index contributed by atoms with van der Waals surface area (Å²) in [5.74, 6) is 1.60. The van der Waals surface area contributed by atoms with E-state index in [0.29, 0.717) is 19.8 Å². The number of nitrogens with zero attached hydrogens (tertiary/aromatic N) is 1. The minimum absolute atomic E-state index is 0.0424. The van der Waals surface area contributed by atoms with Crippen molar-refractivity contribution in [3.63, 3.8) is 0 Å². The van der Waals surface area contributed by atoms with Gasteiger partial charge in [-0.25, -0.2) is 0 Å². The van der Waals surface area contributed by atoms with Crippen LogP contribution in [0.5, 0.6) is 11.5 Å². The maximum absolute atomic E-state index is 12.0. The number of likely N-dealkylation sites (N-methyl/N-ethyl adjacent to an activating group) is 1. The summed E-state index contributed by atoms with van der Waals surface area (Å²) in [7, 11) is 3.41. The maximum atomic E-state index is 12.0. The van der Waals surface area contributed by atoms with E-state index in [1.165, 1.54) is 0 Å². The summed E-state index contributed by atoms with van der Waals surface area (Å²) in [5, 5.41) is 0. The fraction of sp³-hybridized carbons (Fsp3) is 0.533. The normalized spacial score (nSPS) is 17.8. The first kappa shape index (κ1) is 14.7. The SMILES string of the molecule is COc1ccc(OCCN(C)C(=O)[C@H]2CCCO2)cc1. The molecule has 1 aliphatic heterocycles. The van der Waals surface area contributed by atoms with E-state index in [1.54, 1.807) is 19.1 Å². The van der Waals surface area contributed by atoms with Gasteiger partial charge in [0.25, 0.3) is 5.91 Å². The third kappa shape index (κ3) is 3.87. The summed E-state index contributed by atoms with van der Waals surface area (Å²) in [6, 6.07) is 7.38. The highest BCUT2D eigenvalue weighted by atomic mass is 16.5. The first-order chi connectivity index (χ1) is 9.70. The van der Waals surface area contributed by atoms with E-state index in [0.717, 1.165) is 24.3 Å². The number of methoxy groups -OCH3 is 1. The van der Waals surface area contributed by atoms with Crippen LogP contribution >= 0.6 is 0 Å². The first-order valence-corrected chi connectivity index (χ1v) is 6.84. The summed E-state index contributed by atoms with van der Waals surface area (Å²) >= 11 is 0. The number of carbonyl (C=O) groups excluding carboxylic acids is 1. The molecule has 2 rings (SSSR count). The van der Waals surface area contributed by atoms with Gasteiger partial charge in [-0.1, -0.05) is 0 Å². The Kier molecular flexibility index (Phi) is 5.24. The number of hydrogen-bond acceptors (Lipinski definition) is 4. The van der Waals surface area contributed by atoms with Gasteiger partial charge in [0.15, 0.2) is 0 Å². The highest BCUT2D eigenvalue weighted by Gasteiger charge is 2.26. The molecule has 0 aliphatic carbocycles. The zero-order chi connectivity index (χ0) is 14.4. The predicted octanol–water partition coefficient (Wildman–Crippen LogP) is 1.71. The van der Waals surface area contributed by atoms with E-state index in [4.69, 9.17) is 14.2 Å². The van der Waals surface area contributed by atoms with E-state index in [9.17, 15) is 4.79 Å². The van der Waals surface area contributed by atoms with Crippen molar-refractivity contribution in [1.29, 1.82) is 0 Å². The van der Waals surface area contributed by atoms with Crippen LogP contribution in [0.2, 0.25) is 0 Å². The van der Waals surface area contributed by atoms with Crippen LogP contribution in [0, 0.1) is 0 Å². The minimum Gasteiger partial charge on any atom is -0.497 e. The molecule has 1 saturated heterocycles. The lowest BCUT2D eigenvalue weighted by atomic mass is 10.2. The van der Waals surface area contributed by atoms with Crippen molar-refractivity contribution >= 4 is 5.91 Å². The highest BCUT2D eigenvalue weighted by molar-refractivity contribution is 5.80. The molecule has 0 saturated carbocycles. The molecule has 5 heteroatoms. The van der Waals surface area contributed by atoms with Crippen molar-refractivity contribution in [3.8, 4) is 11.5 Å². The number of hydrogen-bond donors (Lipinski definition) is 0. The Bertz CT molecular complexity index is 426. The van der Waals surface area contributed by atoms with Gasteiger partial charge in [0, 0.05) is 13.7 Å². The lowest BCUT2D eigenvalue weighted by Gasteiger charge is -2.20. The van der Waals surface area contributed by atoms with Crippen LogP contribution in [-0.4, -0.2) is 50.8 Å². The molecule has 0 N–H and O–H groups in total. The molecule has 5 nitrogen and oxygen atoms in total. The lowest BCUT2D eigenvalue weighted by molar-refractivity contribution is -0.139. The molecule has 1 fully saturated rings. The standard InChI is InChI=1S/C15H21NO4/c1-16(15(17)14-4-3-10-20-14)9-11-19-13-7-5-12(18-2)6-8-13/h5-8,14H,3-4,9-11H2,1-2H3/t14-/m1/s1. The van der Waals surface area contributed by atoms with Crippen LogP contribution in [0.1, 0.15) is 12.8 Å². The Balaban J connectivity index is 1.72. The second-order valence-electron chi connectivity index (χ2n) is 4.79. The van der Waals surface area contributed by atoms with Crippen molar-refractivity contribution in [1.82, 2.24) is 4.90 Å². The summed E-state index contributed by atoms with van der Waals surface area (Å²) in [5.41, 5.74) is 0. The van der Waals surface area contributed by atoms with E-state index in [-0.39, 0.29) is 12.0 Å². The molecule has 0 bridgehead atoms. The highest BCUT2D eigenvalue weighted by Crippen LogP contribution is 2.17. The zero-order valence-corrected chi connectivity index (χ0v) is 12.0. The second-order valence-corrected chi connectivity index (χ2v) is 4.79. The molecule has 20 heavy (non-hydrogen) atoms. The van der Waals surface area contributed by atoms with E-state index in [1.807, 2.05) is 24.3 Å². The second kappa shape index (κ2) is 7.14. The Hall–Kier alpha value is -1.75. The molecule has 1 amide bonds. The zero-order valence-electron chi connectivity index (χ0n) is 12.0. The molecule has 0 unspecified atom stereocenters. The summed E-state index contributed by atoms with van der Waals surface area (Å²) < 4.78 is 16.1. The van der Waals surface area contributed by atoms with Gasteiger partial charge in [-0.3, -0.25) is 4.79 Å². The number of benzene rings is 1. The van der Waals surface area contributed by atoms with Gasteiger partial charge in [-0.05, 0) is 37.1 Å². The largest absolute Gasteiger partial charge is 0.497 e. The third-order valence-electron chi connectivity index (χ3n) is 3.34. The molecule has 110 valence electrons. The first-order valence-electron chi connectivity index (χ1n) is 6.84. The van der Waals surface area contributed by atoms with E-state index in [2.05, 4.69) is 0 Å². The molecule has 1 heterocycles. The Labute approximate surface area is 119 Å². The van der Waals surface area contributed by atoms with Crippen molar-refractivity contribution in [2.24, 2.45) is 0 Å². The number of amides is 1. The van der Waals surface area contributed by atoms with Crippen LogP contribution in [0.15, 0.2) is 24.3 Å². The molecule has 1 aromatic carbocycles. The predicted molar refractivity (Wildman–Crippen MR) is 75.1 cm³/mol. The van der Waals surface area contributed by atoms with Crippen LogP contribution in [0.25, 0.3) is 0 Å². The Morgan fingerprint density at radius 2 is 2.05 bits per heavy atom. The van der Waals surface area contributed by atoms with E-state index < -0.39 is 0 Å². The van der Waals surface area contributed by atoms with Gasteiger partial charge in [-0.2, -0.15) is 0 Å². The van der Waals surface area contributed by atoms with Crippen molar-refractivity contribution in [3.05, 3.63) is 24.3 Å². The average molecular weight is 279 g/mol. The monoisotopic (exact) mass is 279 g/mol. The smallest absolute Gasteiger partial charge is 0.251 e. The van der Waals surface area contributed by atoms with Gasteiger partial charge in [0.2, 0.25) is 0 Å². The van der Waals surface area contributed by atoms with Crippen LogP contribution in [0.3, 0.4) is 0 Å². The summed E-state index contributed by atoms with van der Waals surface area (Å²) in [6.45, 7) is 1.69. The Morgan fingerprint density at radius 1 is 1.35 bits per heavy atom. The summed E-state index contributed by atoms with van der Waals surface area (Å²) in [4.78, 5) is 13.7. The van der Waals surface area contributed by atoms with Crippen LogP contribution in [0.4, 0.5) is 0 Å². The summed E-state index contributed by atoms with van der Waals surface area (Å²) in [6.07, 6.45) is 1.52. The number of rotatable bonds is 6. The fourth-order valence-electron chi connectivity index (χ4n) is 2.10. The molecule has 0 aromatic heterocycles. The molecule has 1 aromatic rings. The molecule has 0 radical (unpaired) electrons. The van der Waals surface area contributed by atoms with Crippen molar-refractivity contribution < 1.29 is 19.0 Å². The quantitative estimate of drug-likeness (QED) is 0.795. The van der Waals surface area contributed by atoms with Gasteiger partial charge < -0.3 is 19.1 Å². The topological polar surface area (TPSA) is 48.0 Å².